The van der Waals surface area contributed by atoms with E-state index in [0.717, 1.165) is 6.54 Å². The summed E-state index contributed by atoms with van der Waals surface area (Å²) in [6, 6.07) is 6.82. The van der Waals surface area contributed by atoms with Crippen molar-refractivity contribution in [3.8, 4) is 0 Å². The van der Waals surface area contributed by atoms with Gasteiger partial charge in [-0.2, -0.15) is 0 Å². The monoisotopic (exact) mass is 346 g/mol. The molecule has 2 N–H and O–H groups in total. The van der Waals surface area contributed by atoms with Crippen molar-refractivity contribution in [1.82, 2.24) is 10.2 Å². The van der Waals surface area contributed by atoms with E-state index in [1.165, 1.54) is 9.80 Å². The van der Waals surface area contributed by atoms with Gasteiger partial charge in [-0.3, -0.25) is 19.3 Å². The average Bonchev–Trinajstić information content (AvgIpc) is 2.77. The topological polar surface area (TPSA) is 70.9 Å². The summed E-state index contributed by atoms with van der Waals surface area (Å²) in [4.78, 5) is 39.1. The first kappa shape index (κ1) is 19.1. The fraction of sp³-hybridized carbons (Fsp3) is 0.526. The van der Waals surface area contributed by atoms with Crippen LogP contribution in [0, 0.1) is 5.41 Å². The number of carbonyl (C=O) groups excluding carboxylic acids is 3. The lowest BCUT2D eigenvalue weighted by molar-refractivity contribution is -0.865. The zero-order valence-corrected chi connectivity index (χ0v) is 15.5. The van der Waals surface area contributed by atoms with Crippen molar-refractivity contribution in [2.75, 3.05) is 33.7 Å². The van der Waals surface area contributed by atoms with E-state index in [9.17, 15) is 14.4 Å². The lowest BCUT2D eigenvalue weighted by atomic mass is 9.93. The van der Waals surface area contributed by atoms with E-state index < -0.39 is 0 Å². The van der Waals surface area contributed by atoms with E-state index in [0.29, 0.717) is 30.5 Å². The van der Waals surface area contributed by atoms with Gasteiger partial charge in [0.1, 0.15) is 0 Å². The van der Waals surface area contributed by atoms with Crippen LogP contribution in [-0.4, -0.2) is 56.4 Å². The Labute approximate surface area is 149 Å². The molecule has 6 heteroatoms. The molecule has 1 heterocycles. The van der Waals surface area contributed by atoms with Gasteiger partial charge in [0.05, 0.1) is 31.8 Å². The number of fused-ring (bicyclic) bond motifs is 1. The Morgan fingerprint density at radius 1 is 1.12 bits per heavy atom. The number of carbonyl (C=O) groups is 3. The van der Waals surface area contributed by atoms with E-state index in [2.05, 4.69) is 33.3 Å². The second-order valence-corrected chi connectivity index (χ2v) is 7.74. The van der Waals surface area contributed by atoms with Crippen molar-refractivity contribution in [3.63, 3.8) is 0 Å². The summed E-state index contributed by atoms with van der Waals surface area (Å²) in [5.74, 6) is -0.578. The highest BCUT2D eigenvalue weighted by Crippen LogP contribution is 2.22. The molecular formula is C19H28N3O3+. The maximum absolute atomic E-state index is 12.2. The van der Waals surface area contributed by atoms with Crippen molar-refractivity contribution in [2.45, 2.75) is 26.7 Å². The van der Waals surface area contributed by atoms with Crippen LogP contribution in [0.25, 0.3) is 0 Å². The first-order valence-electron chi connectivity index (χ1n) is 8.72. The van der Waals surface area contributed by atoms with Crippen LogP contribution in [0.5, 0.6) is 0 Å². The third-order valence-corrected chi connectivity index (χ3v) is 4.26. The number of imide groups is 1. The molecule has 0 aromatic heterocycles. The van der Waals surface area contributed by atoms with Crippen molar-refractivity contribution < 1.29 is 19.3 Å². The zero-order valence-electron chi connectivity index (χ0n) is 15.5. The fourth-order valence-corrected chi connectivity index (χ4v) is 3.29. The second-order valence-electron chi connectivity index (χ2n) is 7.74. The van der Waals surface area contributed by atoms with Gasteiger partial charge in [-0.25, -0.2) is 0 Å². The van der Waals surface area contributed by atoms with Gasteiger partial charge >= 0.3 is 0 Å². The molecule has 3 amide bonds. The van der Waals surface area contributed by atoms with Crippen LogP contribution >= 0.6 is 0 Å². The molecule has 1 aromatic carbocycles. The van der Waals surface area contributed by atoms with Gasteiger partial charge in [0.2, 0.25) is 5.91 Å². The van der Waals surface area contributed by atoms with Crippen molar-refractivity contribution >= 4 is 17.7 Å². The Kier molecular flexibility index (Phi) is 5.95. The van der Waals surface area contributed by atoms with E-state index in [1.54, 1.807) is 24.3 Å². The summed E-state index contributed by atoms with van der Waals surface area (Å²) in [5, 5.41) is 2.95. The molecule has 1 aliphatic rings. The molecule has 0 aliphatic carbocycles. The van der Waals surface area contributed by atoms with Crippen molar-refractivity contribution in [2.24, 2.45) is 5.41 Å². The molecule has 0 saturated heterocycles. The lowest BCUT2D eigenvalue weighted by Gasteiger charge is -2.26. The van der Waals surface area contributed by atoms with Gasteiger partial charge in [-0.05, 0) is 18.6 Å². The van der Waals surface area contributed by atoms with Crippen LogP contribution in [-0.2, 0) is 4.79 Å². The van der Waals surface area contributed by atoms with Crippen LogP contribution in [0.4, 0.5) is 0 Å². The molecular weight excluding hydrogens is 318 g/mol. The fourth-order valence-electron chi connectivity index (χ4n) is 3.29. The maximum Gasteiger partial charge on any atom is 0.261 e. The zero-order chi connectivity index (χ0) is 18.6. The largest absolute Gasteiger partial charge is 0.355 e. The number of quaternary nitrogens is 1. The van der Waals surface area contributed by atoms with Gasteiger partial charge in [0, 0.05) is 24.9 Å². The Hall–Kier alpha value is -2.21. The normalized spacial score (nSPS) is 14.2. The van der Waals surface area contributed by atoms with Gasteiger partial charge < -0.3 is 10.2 Å². The highest BCUT2D eigenvalue weighted by Gasteiger charge is 2.34. The van der Waals surface area contributed by atoms with Gasteiger partial charge in [0.25, 0.3) is 11.8 Å². The summed E-state index contributed by atoms with van der Waals surface area (Å²) < 4.78 is 0. The molecule has 0 atom stereocenters. The Morgan fingerprint density at radius 2 is 1.68 bits per heavy atom. The molecule has 136 valence electrons. The van der Waals surface area contributed by atoms with Gasteiger partial charge in [-0.1, -0.05) is 26.0 Å². The lowest BCUT2D eigenvalue weighted by Crippen LogP contribution is -3.07. The van der Waals surface area contributed by atoms with Gasteiger partial charge in [-0.15, -0.1) is 0 Å². The molecule has 6 nitrogen and oxygen atoms in total. The van der Waals surface area contributed by atoms with Crippen LogP contribution in [0.3, 0.4) is 0 Å². The molecule has 1 aliphatic heterocycles. The first-order valence-corrected chi connectivity index (χ1v) is 8.72. The predicted octanol–water partition coefficient (Wildman–Crippen LogP) is 0.350. The number of nitrogens with one attached hydrogen (secondary N) is 2. The summed E-state index contributed by atoms with van der Waals surface area (Å²) in [6.45, 7) is 6.09. The molecule has 0 radical (unpaired) electrons. The van der Waals surface area contributed by atoms with Gasteiger partial charge in [0.15, 0.2) is 0 Å². The average molecular weight is 346 g/mol. The molecule has 0 saturated carbocycles. The number of benzene rings is 1. The highest BCUT2D eigenvalue weighted by molar-refractivity contribution is 6.21. The number of rotatable bonds is 8. The summed E-state index contributed by atoms with van der Waals surface area (Å²) in [7, 11) is 4.18. The summed E-state index contributed by atoms with van der Waals surface area (Å²) in [5.41, 5.74) is 0.923. The quantitative estimate of drug-likeness (QED) is 0.667. The first-order chi connectivity index (χ1) is 11.7. The third kappa shape index (κ3) is 4.89. The van der Waals surface area contributed by atoms with E-state index in [1.807, 2.05) is 0 Å². The van der Waals surface area contributed by atoms with Crippen molar-refractivity contribution in [1.29, 1.82) is 0 Å². The molecule has 0 fully saturated rings. The molecule has 25 heavy (non-hydrogen) atoms. The molecule has 0 unspecified atom stereocenters. The minimum Gasteiger partial charge on any atom is -0.355 e. The smallest absolute Gasteiger partial charge is 0.261 e. The minimum absolute atomic E-state index is 0.0248. The summed E-state index contributed by atoms with van der Waals surface area (Å²) >= 11 is 0. The Morgan fingerprint density at radius 3 is 2.20 bits per heavy atom. The van der Waals surface area contributed by atoms with Crippen molar-refractivity contribution in [3.05, 3.63) is 35.4 Å². The Bertz CT molecular complexity index is 633. The van der Waals surface area contributed by atoms with E-state index >= 15 is 0 Å². The molecule has 0 bridgehead atoms. The highest BCUT2D eigenvalue weighted by atomic mass is 16.2. The van der Waals surface area contributed by atoms with E-state index in [4.69, 9.17) is 0 Å². The third-order valence-electron chi connectivity index (χ3n) is 4.26. The number of nitrogens with zero attached hydrogens (tertiary/aromatic N) is 1. The number of hydrogen-bond acceptors (Lipinski definition) is 3. The van der Waals surface area contributed by atoms with Crippen LogP contribution < -0.4 is 10.2 Å². The molecule has 0 spiro atoms. The van der Waals surface area contributed by atoms with Crippen LogP contribution in [0.2, 0.25) is 0 Å². The SMILES string of the molecule is C[NH+](C)CC(C)(C)CNC(=O)CCCN1C(=O)c2ccccc2C1=O. The molecule has 1 aromatic rings. The molecule has 2 rings (SSSR count). The van der Waals surface area contributed by atoms with Crippen LogP contribution in [0.15, 0.2) is 24.3 Å². The predicted molar refractivity (Wildman–Crippen MR) is 95.5 cm³/mol. The maximum atomic E-state index is 12.2. The second kappa shape index (κ2) is 7.78. The Balaban J connectivity index is 1.77. The van der Waals surface area contributed by atoms with E-state index in [-0.39, 0.29) is 29.7 Å². The summed E-state index contributed by atoms with van der Waals surface area (Å²) in [6.07, 6.45) is 0.773. The number of amides is 3. The van der Waals surface area contributed by atoms with Crippen LogP contribution in [0.1, 0.15) is 47.4 Å². The number of hydrogen-bond donors (Lipinski definition) is 2. The minimum atomic E-state index is -0.268. The standard InChI is InChI=1S/C19H27N3O3/c1-19(2,13-21(3)4)12-20-16(23)10-7-11-22-17(24)14-8-5-6-9-15(14)18(22)25/h5-6,8-9H,7,10-13H2,1-4H3,(H,20,23)/p+1.